The second-order valence-electron chi connectivity index (χ2n) is 2.79. The topological polar surface area (TPSA) is 58.3 Å². The molecular formula is C9H15ClN2O2. The van der Waals surface area contributed by atoms with E-state index < -0.39 is 6.10 Å². The largest absolute Gasteiger partial charge is 0.394 e. The van der Waals surface area contributed by atoms with Crippen molar-refractivity contribution in [3.05, 3.63) is 24.8 Å². The Kier molecular flexibility index (Phi) is 6.19. The minimum Gasteiger partial charge on any atom is -0.394 e. The van der Waals surface area contributed by atoms with E-state index in [0.717, 1.165) is 5.70 Å². The summed E-state index contributed by atoms with van der Waals surface area (Å²) < 4.78 is 1.82. The summed E-state index contributed by atoms with van der Waals surface area (Å²) in [4.78, 5) is 3.90. The number of halogens is 1. The van der Waals surface area contributed by atoms with Crippen molar-refractivity contribution in [2.75, 3.05) is 6.61 Å². The number of aliphatic hydroxyl groups is 2. The Morgan fingerprint density at radius 3 is 2.79 bits per heavy atom. The molecule has 0 amide bonds. The van der Waals surface area contributed by atoms with Gasteiger partial charge in [0.1, 0.15) is 0 Å². The molecule has 1 atom stereocenters. The molecule has 80 valence electrons. The zero-order chi connectivity index (χ0) is 9.68. The predicted molar refractivity (Wildman–Crippen MR) is 57.1 cm³/mol. The highest BCUT2D eigenvalue weighted by Gasteiger charge is 2.06. The minimum atomic E-state index is -0.700. The Morgan fingerprint density at radius 2 is 2.36 bits per heavy atom. The van der Waals surface area contributed by atoms with Gasteiger partial charge in [0, 0.05) is 24.5 Å². The van der Waals surface area contributed by atoms with Gasteiger partial charge < -0.3 is 14.8 Å². The van der Waals surface area contributed by atoms with E-state index in [1.165, 1.54) is 0 Å². The summed E-state index contributed by atoms with van der Waals surface area (Å²) in [6.45, 7) is 1.67. The molecular weight excluding hydrogens is 204 g/mol. The molecule has 1 aromatic rings. The second kappa shape index (κ2) is 6.59. The van der Waals surface area contributed by atoms with Crippen molar-refractivity contribution in [2.45, 2.75) is 19.4 Å². The van der Waals surface area contributed by atoms with Gasteiger partial charge in [0.05, 0.1) is 19.0 Å². The third-order valence-corrected chi connectivity index (χ3v) is 1.82. The number of hydrogen-bond acceptors (Lipinski definition) is 3. The molecule has 1 heterocycles. The highest BCUT2D eigenvalue weighted by molar-refractivity contribution is 5.85. The molecule has 0 aromatic carbocycles. The standard InChI is InChI=1S/C9H14N2O2.ClH/c1-2-8(5-9(13)6-12)11-4-3-10-7-11;/h2-4,7,9,12-13H,5-6H2,1H3;1H. The Bertz CT molecular complexity index is 272. The number of aliphatic hydroxyl groups excluding tert-OH is 2. The summed E-state index contributed by atoms with van der Waals surface area (Å²) in [7, 11) is 0. The van der Waals surface area contributed by atoms with Crippen molar-refractivity contribution in [1.82, 2.24) is 9.55 Å². The fourth-order valence-corrected chi connectivity index (χ4v) is 1.11. The fraction of sp³-hybridized carbons (Fsp3) is 0.444. The summed E-state index contributed by atoms with van der Waals surface area (Å²) >= 11 is 0. The number of allylic oxidation sites excluding steroid dienone is 1. The van der Waals surface area contributed by atoms with Gasteiger partial charge in [-0.2, -0.15) is 0 Å². The molecule has 0 saturated heterocycles. The molecule has 0 aliphatic rings. The summed E-state index contributed by atoms with van der Waals surface area (Å²) in [6.07, 6.45) is 6.77. The van der Waals surface area contributed by atoms with Crippen LogP contribution in [0.4, 0.5) is 0 Å². The van der Waals surface area contributed by atoms with Crippen molar-refractivity contribution in [2.24, 2.45) is 0 Å². The van der Waals surface area contributed by atoms with Crippen molar-refractivity contribution in [3.8, 4) is 0 Å². The average Bonchev–Trinajstić information content (AvgIpc) is 2.66. The third kappa shape index (κ3) is 3.49. The van der Waals surface area contributed by atoms with Gasteiger partial charge in [0.15, 0.2) is 0 Å². The van der Waals surface area contributed by atoms with Crippen LogP contribution in [-0.2, 0) is 0 Å². The lowest BCUT2D eigenvalue weighted by molar-refractivity contribution is 0.0983. The first-order valence-electron chi connectivity index (χ1n) is 4.20. The van der Waals surface area contributed by atoms with Gasteiger partial charge in [0.2, 0.25) is 0 Å². The maximum absolute atomic E-state index is 9.23. The van der Waals surface area contributed by atoms with Gasteiger partial charge in [-0.3, -0.25) is 0 Å². The SMILES string of the molecule is CC=C(CC(O)CO)n1ccnc1.Cl. The van der Waals surface area contributed by atoms with Gasteiger partial charge in [-0.15, -0.1) is 12.4 Å². The Morgan fingerprint density at radius 1 is 1.64 bits per heavy atom. The molecule has 1 rings (SSSR count). The lowest BCUT2D eigenvalue weighted by Gasteiger charge is -2.11. The smallest absolute Gasteiger partial charge is 0.0989 e. The number of imidazole rings is 1. The van der Waals surface area contributed by atoms with Crippen LogP contribution in [0.1, 0.15) is 13.3 Å². The van der Waals surface area contributed by atoms with Crippen LogP contribution in [0.5, 0.6) is 0 Å². The zero-order valence-electron chi connectivity index (χ0n) is 8.00. The first-order chi connectivity index (χ1) is 6.27. The Balaban J connectivity index is 0.00000169. The van der Waals surface area contributed by atoms with E-state index in [9.17, 15) is 5.11 Å². The molecule has 2 N–H and O–H groups in total. The van der Waals surface area contributed by atoms with Crippen LogP contribution in [-0.4, -0.2) is 32.5 Å². The first-order valence-corrected chi connectivity index (χ1v) is 4.20. The number of aromatic nitrogens is 2. The van der Waals surface area contributed by atoms with Crippen molar-refractivity contribution in [3.63, 3.8) is 0 Å². The molecule has 0 aliphatic heterocycles. The summed E-state index contributed by atoms with van der Waals surface area (Å²) in [5.74, 6) is 0. The van der Waals surface area contributed by atoms with Crippen LogP contribution < -0.4 is 0 Å². The lowest BCUT2D eigenvalue weighted by atomic mass is 10.2. The number of nitrogens with zero attached hydrogens (tertiary/aromatic N) is 2. The predicted octanol–water partition coefficient (Wildman–Crippen LogP) is 0.909. The summed E-state index contributed by atoms with van der Waals surface area (Å²) in [5, 5.41) is 17.9. The van der Waals surface area contributed by atoms with Gasteiger partial charge >= 0.3 is 0 Å². The van der Waals surface area contributed by atoms with Crippen molar-refractivity contribution in [1.29, 1.82) is 0 Å². The second-order valence-corrected chi connectivity index (χ2v) is 2.79. The van der Waals surface area contributed by atoms with Crippen LogP contribution in [0.2, 0.25) is 0 Å². The van der Waals surface area contributed by atoms with E-state index in [4.69, 9.17) is 5.11 Å². The monoisotopic (exact) mass is 218 g/mol. The van der Waals surface area contributed by atoms with E-state index >= 15 is 0 Å². The lowest BCUT2D eigenvalue weighted by Crippen LogP contribution is -2.13. The van der Waals surface area contributed by atoms with Crippen LogP contribution >= 0.6 is 12.4 Å². The van der Waals surface area contributed by atoms with Crippen LogP contribution in [0.3, 0.4) is 0 Å². The molecule has 4 nitrogen and oxygen atoms in total. The molecule has 14 heavy (non-hydrogen) atoms. The quantitative estimate of drug-likeness (QED) is 0.790. The molecule has 0 bridgehead atoms. The van der Waals surface area contributed by atoms with Gasteiger partial charge in [0.25, 0.3) is 0 Å². The highest BCUT2D eigenvalue weighted by atomic mass is 35.5. The van der Waals surface area contributed by atoms with Crippen LogP contribution in [0.15, 0.2) is 24.8 Å². The van der Waals surface area contributed by atoms with E-state index in [-0.39, 0.29) is 19.0 Å². The van der Waals surface area contributed by atoms with Crippen molar-refractivity contribution < 1.29 is 10.2 Å². The molecule has 0 saturated carbocycles. The van der Waals surface area contributed by atoms with E-state index in [1.54, 1.807) is 18.7 Å². The highest BCUT2D eigenvalue weighted by Crippen LogP contribution is 2.11. The van der Waals surface area contributed by atoms with Gasteiger partial charge in [-0.05, 0) is 6.92 Å². The molecule has 5 heteroatoms. The van der Waals surface area contributed by atoms with Crippen LogP contribution in [0.25, 0.3) is 5.70 Å². The van der Waals surface area contributed by atoms with Crippen LogP contribution in [0, 0.1) is 0 Å². The summed E-state index contributed by atoms with van der Waals surface area (Å²) in [6, 6.07) is 0. The fourth-order valence-electron chi connectivity index (χ4n) is 1.11. The van der Waals surface area contributed by atoms with E-state index in [0.29, 0.717) is 6.42 Å². The first kappa shape index (κ1) is 13.2. The maximum atomic E-state index is 9.23. The number of hydrogen-bond donors (Lipinski definition) is 2. The van der Waals surface area contributed by atoms with Gasteiger partial charge in [-0.25, -0.2) is 4.98 Å². The minimum absolute atomic E-state index is 0. The molecule has 0 radical (unpaired) electrons. The van der Waals surface area contributed by atoms with E-state index in [2.05, 4.69) is 4.98 Å². The number of rotatable bonds is 4. The Hall–Kier alpha value is -0.840. The average molecular weight is 219 g/mol. The normalized spacial score (nSPS) is 13.5. The third-order valence-electron chi connectivity index (χ3n) is 1.82. The molecule has 1 aromatic heterocycles. The van der Waals surface area contributed by atoms with Gasteiger partial charge in [-0.1, -0.05) is 6.08 Å². The summed E-state index contributed by atoms with van der Waals surface area (Å²) in [5.41, 5.74) is 0.930. The molecule has 0 aliphatic carbocycles. The van der Waals surface area contributed by atoms with Crippen molar-refractivity contribution >= 4 is 18.1 Å². The van der Waals surface area contributed by atoms with E-state index in [1.807, 2.05) is 17.6 Å². The Labute approximate surface area is 89.3 Å². The zero-order valence-corrected chi connectivity index (χ0v) is 8.81. The maximum Gasteiger partial charge on any atom is 0.0989 e. The molecule has 0 spiro atoms. The molecule has 1 unspecified atom stereocenters. The molecule has 0 fully saturated rings.